The maximum atomic E-state index is 5.81. The third-order valence-corrected chi connectivity index (χ3v) is 3.09. The molecule has 0 fully saturated rings. The highest BCUT2D eigenvalue weighted by atomic mass is 35.5. The molecule has 2 aromatic rings. The van der Waals surface area contributed by atoms with Crippen molar-refractivity contribution in [3.63, 3.8) is 0 Å². The molecule has 0 aliphatic carbocycles. The largest absolute Gasteiger partial charge is 0.308 e. The molecule has 0 aliphatic rings. The predicted molar refractivity (Wildman–Crippen MR) is 58.5 cm³/mol. The molecule has 0 radical (unpaired) electrons. The van der Waals surface area contributed by atoms with Gasteiger partial charge < -0.3 is 5.32 Å². The second-order valence-electron chi connectivity index (χ2n) is 2.94. The second kappa shape index (κ2) is 4.59. The van der Waals surface area contributed by atoms with Crippen LogP contribution in [0.1, 0.15) is 10.4 Å². The van der Waals surface area contributed by atoms with Gasteiger partial charge in [-0.3, -0.25) is 5.10 Å². The lowest BCUT2D eigenvalue weighted by atomic mass is 10.3. The van der Waals surface area contributed by atoms with Gasteiger partial charge in [-0.25, -0.2) is 0 Å². The van der Waals surface area contributed by atoms with Crippen LogP contribution in [0.4, 0.5) is 0 Å². The van der Waals surface area contributed by atoms with E-state index < -0.39 is 0 Å². The van der Waals surface area contributed by atoms with E-state index in [4.69, 9.17) is 11.6 Å². The number of aromatic amines is 1. The first-order valence-corrected chi connectivity index (χ1v) is 5.51. The van der Waals surface area contributed by atoms with Gasteiger partial charge in [0.25, 0.3) is 0 Å². The topological polar surface area (TPSA) is 40.7 Å². The smallest absolute Gasteiger partial charge is 0.0532 e. The molecular weight excluding hydrogens is 218 g/mol. The Hall–Kier alpha value is -0.840. The summed E-state index contributed by atoms with van der Waals surface area (Å²) >= 11 is 7.48. The van der Waals surface area contributed by atoms with Crippen LogP contribution >= 0.6 is 22.9 Å². The van der Waals surface area contributed by atoms with Gasteiger partial charge in [0, 0.05) is 35.1 Å². The van der Waals surface area contributed by atoms with E-state index in [1.165, 1.54) is 4.88 Å². The van der Waals surface area contributed by atoms with Crippen molar-refractivity contribution in [2.75, 3.05) is 0 Å². The number of nitrogens with one attached hydrogen (secondary N) is 2. The first-order valence-electron chi connectivity index (χ1n) is 4.26. The highest BCUT2D eigenvalue weighted by Crippen LogP contribution is 2.18. The molecule has 3 nitrogen and oxygen atoms in total. The minimum atomic E-state index is 0.815. The van der Waals surface area contributed by atoms with Gasteiger partial charge in [0.05, 0.1) is 11.2 Å². The van der Waals surface area contributed by atoms with Crippen LogP contribution in [0, 0.1) is 0 Å². The van der Waals surface area contributed by atoms with Crippen molar-refractivity contribution in [3.8, 4) is 0 Å². The summed E-state index contributed by atoms with van der Waals surface area (Å²) in [6, 6.07) is 1.98. The summed E-state index contributed by atoms with van der Waals surface area (Å²) in [7, 11) is 0. The monoisotopic (exact) mass is 227 g/mol. The molecule has 2 N–H and O–H groups in total. The molecule has 0 saturated heterocycles. The Morgan fingerprint density at radius 3 is 3.07 bits per heavy atom. The molecule has 2 aromatic heterocycles. The van der Waals surface area contributed by atoms with E-state index in [1.54, 1.807) is 11.3 Å². The number of rotatable bonds is 4. The van der Waals surface area contributed by atoms with Crippen LogP contribution in [0.3, 0.4) is 0 Å². The van der Waals surface area contributed by atoms with Gasteiger partial charge in [-0.05, 0) is 6.07 Å². The molecule has 0 amide bonds. The Morgan fingerprint density at radius 1 is 1.50 bits per heavy atom. The van der Waals surface area contributed by atoms with E-state index in [2.05, 4.69) is 15.5 Å². The van der Waals surface area contributed by atoms with Gasteiger partial charge in [0.15, 0.2) is 0 Å². The first-order chi connectivity index (χ1) is 6.84. The number of hydrogen-bond acceptors (Lipinski definition) is 3. The van der Waals surface area contributed by atoms with E-state index in [0.29, 0.717) is 0 Å². The molecule has 2 rings (SSSR count). The van der Waals surface area contributed by atoms with E-state index in [1.807, 2.05) is 23.8 Å². The number of halogens is 1. The number of hydrogen-bond donors (Lipinski definition) is 2. The molecule has 5 heteroatoms. The highest BCUT2D eigenvalue weighted by Gasteiger charge is 1.97. The van der Waals surface area contributed by atoms with Crippen molar-refractivity contribution < 1.29 is 0 Å². The Labute approximate surface area is 91.1 Å². The zero-order valence-corrected chi connectivity index (χ0v) is 9.03. The molecule has 14 heavy (non-hydrogen) atoms. The van der Waals surface area contributed by atoms with E-state index in [9.17, 15) is 0 Å². The normalized spacial score (nSPS) is 10.6. The minimum Gasteiger partial charge on any atom is -0.308 e. The van der Waals surface area contributed by atoms with Crippen molar-refractivity contribution in [2.45, 2.75) is 13.1 Å². The number of thiophene rings is 1. The SMILES string of the molecule is Clc1csc(CNCc2cn[nH]c2)c1. The molecule has 0 aliphatic heterocycles. The number of aromatic nitrogens is 2. The maximum absolute atomic E-state index is 5.81. The van der Waals surface area contributed by atoms with Crippen LogP contribution in [-0.4, -0.2) is 10.2 Å². The molecular formula is C9H10ClN3S. The van der Waals surface area contributed by atoms with Crippen molar-refractivity contribution in [2.24, 2.45) is 0 Å². The van der Waals surface area contributed by atoms with Gasteiger partial charge >= 0.3 is 0 Å². The average Bonchev–Trinajstić information content (AvgIpc) is 2.77. The summed E-state index contributed by atoms with van der Waals surface area (Å²) in [4.78, 5) is 1.25. The number of H-pyrrole nitrogens is 1. The van der Waals surface area contributed by atoms with E-state index in [0.717, 1.165) is 23.7 Å². The van der Waals surface area contributed by atoms with Crippen LogP contribution in [0.15, 0.2) is 23.8 Å². The van der Waals surface area contributed by atoms with Gasteiger partial charge in [0.1, 0.15) is 0 Å². The first kappa shape index (κ1) is 9.71. The Kier molecular flexibility index (Phi) is 3.18. The van der Waals surface area contributed by atoms with E-state index in [-0.39, 0.29) is 0 Å². The molecule has 0 unspecified atom stereocenters. The molecule has 0 atom stereocenters. The summed E-state index contributed by atoms with van der Waals surface area (Å²) in [6.07, 6.45) is 3.70. The van der Waals surface area contributed by atoms with Crippen LogP contribution in [0.2, 0.25) is 5.02 Å². The van der Waals surface area contributed by atoms with Gasteiger partial charge in [-0.15, -0.1) is 11.3 Å². The molecule has 2 heterocycles. The van der Waals surface area contributed by atoms with Crippen molar-refractivity contribution in [1.82, 2.24) is 15.5 Å². The minimum absolute atomic E-state index is 0.815. The van der Waals surface area contributed by atoms with Crippen molar-refractivity contribution in [3.05, 3.63) is 39.3 Å². The van der Waals surface area contributed by atoms with E-state index >= 15 is 0 Å². The van der Waals surface area contributed by atoms with Crippen molar-refractivity contribution in [1.29, 1.82) is 0 Å². The molecule has 0 bridgehead atoms. The average molecular weight is 228 g/mol. The van der Waals surface area contributed by atoms with Crippen LogP contribution < -0.4 is 5.32 Å². The molecule has 0 aromatic carbocycles. The maximum Gasteiger partial charge on any atom is 0.0532 e. The highest BCUT2D eigenvalue weighted by molar-refractivity contribution is 7.10. The van der Waals surface area contributed by atoms with Crippen LogP contribution in [-0.2, 0) is 13.1 Å². The molecule has 74 valence electrons. The zero-order chi connectivity index (χ0) is 9.80. The zero-order valence-electron chi connectivity index (χ0n) is 7.46. The third kappa shape index (κ3) is 2.57. The number of nitrogens with zero attached hydrogens (tertiary/aromatic N) is 1. The summed E-state index contributed by atoms with van der Waals surface area (Å²) in [5, 5.41) is 12.7. The Balaban J connectivity index is 1.78. The second-order valence-corrected chi connectivity index (χ2v) is 4.37. The Morgan fingerprint density at radius 2 is 2.43 bits per heavy atom. The fourth-order valence-corrected chi connectivity index (χ4v) is 2.19. The van der Waals surface area contributed by atoms with Gasteiger partial charge in [-0.2, -0.15) is 5.10 Å². The summed E-state index contributed by atoms with van der Waals surface area (Å²) < 4.78 is 0. The lowest BCUT2D eigenvalue weighted by molar-refractivity contribution is 0.701. The Bertz CT molecular complexity index is 382. The lowest BCUT2D eigenvalue weighted by Crippen LogP contribution is -2.10. The van der Waals surface area contributed by atoms with Gasteiger partial charge in [0.2, 0.25) is 0 Å². The van der Waals surface area contributed by atoms with Gasteiger partial charge in [-0.1, -0.05) is 11.6 Å². The molecule has 0 saturated carbocycles. The summed E-state index contributed by atoms with van der Waals surface area (Å²) in [5.41, 5.74) is 1.16. The fraction of sp³-hybridized carbons (Fsp3) is 0.222. The fourth-order valence-electron chi connectivity index (χ4n) is 1.15. The molecule has 0 spiro atoms. The third-order valence-electron chi connectivity index (χ3n) is 1.80. The summed E-state index contributed by atoms with van der Waals surface area (Å²) in [5.74, 6) is 0. The predicted octanol–water partition coefficient (Wildman–Crippen LogP) is 2.41. The summed E-state index contributed by atoms with van der Waals surface area (Å²) in [6.45, 7) is 1.68. The van der Waals surface area contributed by atoms with Crippen LogP contribution in [0.5, 0.6) is 0 Å². The standard InChI is InChI=1S/C9H10ClN3S/c10-8-1-9(14-6-8)5-11-2-7-3-12-13-4-7/h1,3-4,6,11H,2,5H2,(H,12,13). The van der Waals surface area contributed by atoms with Crippen molar-refractivity contribution >= 4 is 22.9 Å². The van der Waals surface area contributed by atoms with Crippen LogP contribution in [0.25, 0.3) is 0 Å². The lowest BCUT2D eigenvalue weighted by Gasteiger charge is -1.99. The quantitative estimate of drug-likeness (QED) is 0.842.